The monoisotopic (exact) mass is 367 g/mol. The molecule has 0 radical (unpaired) electrons. The summed E-state index contributed by atoms with van der Waals surface area (Å²) in [5.74, 6) is 1.03. The van der Waals surface area contributed by atoms with Gasteiger partial charge in [0, 0.05) is 12.0 Å². The van der Waals surface area contributed by atoms with Crippen molar-refractivity contribution in [2.45, 2.75) is 76.8 Å². The van der Waals surface area contributed by atoms with E-state index >= 15 is 0 Å². The van der Waals surface area contributed by atoms with Crippen LogP contribution < -0.4 is 5.56 Å². The van der Waals surface area contributed by atoms with Crippen molar-refractivity contribution < 1.29 is 4.79 Å². The van der Waals surface area contributed by atoms with Gasteiger partial charge in [0.05, 0.1) is 17.4 Å². The van der Waals surface area contributed by atoms with Crippen LogP contribution in [0.3, 0.4) is 0 Å². The molecule has 0 spiro atoms. The third-order valence-corrected chi connectivity index (χ3v) is 6.23. The van der Waals surface area contributed by atoms with E-state index in [1.165, 1.54) is 25.7 Å². The quantitative estimate of drug-likeness (QED) is 0.882. The maximum atomic E-state index is 13.4. The number of rotatable bonds is 4. The number of hydrogen-bond acceptors (Lipinski definition) is 3. The van der Waals surface area contributed by atoms with E-state index in [2.05, 4.69) is 9.97 Å². The molecular formula is C22H29N3O2. The van der Waals surface area contributed by atoms with Gasteiger partial charge in [-0.2, -0.15) is 0 Å². The molecule has 1 aromatic heterocycles. The zero-order valence-corrected chi connectivity index (χ0v) is 16.0. The Morgan fingerprint density at radius 3 is 2.41 bits per heavy atom. The number of amides is 1. The summed E-state index contributed by atoms with van der Waals surface area (Å²) in [4.78, 5) is 35.4. The normalized spacial score (nSPS) is 19.3. The summed E-state index contributed by atoms with van der Waals surface area (Å²) >= 11 is 0. The topological polar surface area (TPSA) is 66.1 Å². The minimum absolute atomic E-state index is 0.121. The Morgan fingerprint density at radius 1 is 1.00 bits per heavy atom. The van der Waals surface area contributed by atoms with Crippen molar-refractivity contribution >= 4 is 16.8 Å². The highest BCUT2D eigenvalue weighted by atomic mass is 16.2. The van der Waals surface area contributed by atoms with Gasteiger partial charge in [0.25, 0.3) is 5.56 Å². The number of aromatic amines is 1. The van der Waals surface area contributed by atoms with Gasteiger partial charge in [0.2, 0.25) is 5.91 Å². The van der Waals surface area contributed by atoms with Gasteiger partial charge in [0.15, 0.2) is 0 Å². The Hall–Kier alpha value is -2.17. The van der Waals surface area contributed by atoms with Crippen LogP contribution in [0.15, 0.2) is 29.1 Å². The Morgan fingerprint density at radius 2 is 1.67 bits per heavy atom. The molecule has 2 aromatic rings. The molecule has 2 aliphatic rings. The van der Waals surface area contributed by atoms with Gasteiger partial charge < -0.3 is 9.88 Å². The highest BCUT2D eigenvalue weighted by Crippen LogP contribution is 2.30. The molecule has 4 rings (SSSR count). The average Bonchev–Trinajstić information content (AvgIpc) is 2.73. The van der Waals surface area contributed by atoms with E-state index in [1.54, 1.807) is 6.07 Å². The number of fused-ring (bicyclic) bond motifs is 1. The summed E-state index contributed by atoms with van der Waals surface area (Å²) < 4.78 is 0. The largest absolute Gasteiger partial charge is 0.332 e. The highest BCUT2D eigenvalue weighted by molar-refractivity contribution is 5.79. The molecule has 0 bridgehead atoms. The number of benzene rings is 1. The molecule has 1 amide bonds. The average molecular weight is 367 g/mol. The number of nitrogens with one attached hydrogen (secondary N) is 1. The molecule has 0 unspecified atom stereocenters. The molecule has 1 heterocycles. The van der Waals surface area contributed by atoms with Crippen LogP contribution >= 0.6 is 0 Å². The Labute approximate surface area is 160 Å². The first-order valence-corrected chi connectivity index (χ1v) is 10.5. The fourth-order valence-corrected chi connectivity index (χ4v) is 4.73. The van der Waals surface area contributed by atoms with E-state index in [0.29, 0.717) is 23.3 Å². The number of carbonyl (C=O) groups is 1. The third-order valence-electron chi connectivity index (χ3n) is 6.23. The zero-order valence-electron chi connectivity index (χ0n) is 16.0. The molecule has 0 saturated heterocycles. The van der Waals surface area contributed by atoms with E-state index in [0.717, 1.165) is 38.5 Å². The fraction of sp³-hybridized carbons (Fsp3) is 0.591. The predicted molar refractivity (Wildman–Crippen MR) is 106 cm³/mol. The number of aromatic nitrogens is 2. The first-order valence-electron chi connectivity index (χ1n) is 10.5. The molecule has 27 heavy (non-hydrogen) atoms. The van der Waals surface area contributed by atoms with E-state index in [4.69, 9.17) is 0 Å². The van der Waals surface area contributed by atoms with Gasteiger partial charge in [-0.05, 0) is 37.8 Å². The van der Waals surface area contributed by atoms with E-state index in [-0.39, 0.29) is 23.4 Å². The van der Waals surface area contributed by atoms with Crippen LogP contribution in [0.1, 0.15) is 70.0 Å². The van der Waals surface area contributed by atoms with E-state index < -0.39 is 0 Å². The summed E-state index contributed by atoms with van der Waals surface area (Å²) in [5.41, 5.74) is 0.578. The predicted octanol–water partition coefficient (Wildman–Crippen LogP) is 4.16. The fourth-order valence-electron chi connectivity index (χ4n) is 4.73. The van der Waals surface area contributed by atoms with Crippen LogP contribution in [-0.2, 0) is 11.3 Å². The lowest BCUT2D eigenvalue weighted by atomic mass is 9.86. The van der Waals surface area contributed by atoms with Crippen molar-refractivity contribution in [3.8, 4) is 0 Å². The molecule has 1 aromatic carbocycles. The Kier molecular flexibility index (Phi) is 5.55. The van der Waals surface area contributed by atoms with Crippen molar-refractivity contribution in [3.63, 3.8) is 0 Å². The number of H-pyrrole nitrogens is 1. The smallest absolute Gasteiger partial charge is 0.258 e. The molecule has 5 nitrogen and oxygen atoms in total. The zero-order chi connectivity index (χ0) is 18.6. The van der Waals surface area contributed by atoms with Crippen LogP contribution in [0, 0.1) is 5.92 Å². The number of hydrogen-bond donors (Lipinski definition) is 1. The van der Waals surface area contributed by atoms with Crippen LogP contribution in [0.2, 0.25) is 0 Å². The Bertz CT molecular complexity index is 848. The maximum absolute atomic E-state index is 13.4. The van der Waals surface area contributed by atoms with Crippen molar-refractivity contribution in [1.29, 1.82) is 0 Å². The lowest BCUT2D eigenvalue weighted by Gasteiger charge is -2.37. The summed E-state index contributed by atoms with van der Waals surface area (Å²) in [6.07, 6.45) is 11.3. The number of carbonyl (C=O) groups excluding carboxylic acids is 1. The summed E-state index contributed by atoms with van der Waals surface area (Å²) in [7, 11) is 0. The minimum Gasteiger partial charge on any atom is -0.332 e. The molecule has 0 atom stereocenters. The van der Waals surface area contributed by atoms with Gasteiger partial charge in [-0.25, -0.2) is 4.98 Å². The first kappa shape index (κ1) is 18.2. The van der Waals surface area contributed by atoms with Crippen LogP contribution in [0.5, 0.6) is 0 Å². The molecule has 0 aliphatic heterocycles. The summed E-state index contributed by atoms with van der Waals surface area (Å²) in [6.45, 7) is 0.417. The SMILES string of the molecule is O=C(C1CCCCC1)N(Cc1nc2ccccc2c(=O)[nH]1)C1CCCCC1. The lowest BCUT2D eigenvalue weighted by molar-refractivity contribution is -0.140. The molecule has 2 aliphatic carbocycles. The van der Waals surface area contributed by atoms with Gasteiger partial charge in [-0.1, -0.05) is 50.7 Å². The third kappa shape index (κ3) is 4.07. The van der Waals surface area contributed by atoms with Crippen molar-refractivity contribution in [1.82, 2.24) is 14.9 Å². The van der Waals surface area contributed by atoms with Crippen LogP contribution in [-0.4, -0.2) is 26.8 Å². The van der Waals surface area contributed by atoms with Crippen molar-refractivity contribution in [3.05, 3.63) is 40.4 Å². The van der Waals surface area contributed by atoms with Gasteiger partial charge in [0.1, 0.15) is 5.82 Å². The first-order chi connectivity index (χ1) is 13.2. The lowest BCUT2D eigenvalue weighted by Crippen LogP contribution is -2.45. The second-order valence-corrected chi connectivity index (χ2v) is 8.12. The highest BCUT2D eigenvalue weighted by Gasteiger charge is 2.31. The maximum Gasteiger partial charge on any atom is 0.258 e. The summed E-state index contributed by atoms with van der Waals surface area (Å²) in [6, 6.07) is 7.67. The summed E-state index contributed by atoms with van der Waals surface area (Å²) in [5, 5.41) is 0.601. The van der Waals surface area contributed by atoms with Crippen LogP contribution in [0.25, 0.3) is 10.9 Å². The molecular weight excluding hydrogens is 338 g/mol. The molecule has 2 fully saturated rings. The van der Waals surface area contributed by atoms with Gasteiger partial charge in [-0.3, -0.25) is 9.59 Å². The molecule has 144 valence electrons. The van der Waals surface area contributed by atoms with Crippen molar-refractivity contribution in [2.24, 2.45) is 5.92 Å². The van der Waals surface area contributed by atoms with E-state index in [1.807, 2.05) is 23.1 Å². The number of para-hydroxylation sites is 1. The Balaban J connectivity index is 1.62. The van der Waals surface area contributed by atoms with Crippen LogP contribution in [0.4, 0.5) is 0 Å². The molecule has 5 heteroatoms. The second kappa shape index (κ2) is 8.24. The van der Waals surface area contributed by atoms with Crippen molar-refractivity contribution in [2.75, 3.05) is 0 Å². The molecule has 2 saturated carbocycles. The van der Waals surface area contributed by atoms with Gasteiger partial charge in [-0.15, -0.1) is 0 Å². The molecule has 1 N–H and O–H groups in total. The van der Waals surface area contributed by atoms with Gasteiger partial charge >= 0.3 is 0 Å². The second-order valence-electron chi connectivity index (χ2n) is 8.12. The van der Waals surface area contributed by atoms with E-state index in [9.17, 15) is 9.59 Å². The number of nitrogens with zero attached hydrogens (tertiary/aromatic N) is 2. The minimum atomic E-state index is -0.121. The standard InChI is InChI=1S/C22H29N3O2/c26-21-18-13-7-8-14-19(18)23-20(24-21)15-25(17-11-5-2-6-12-17)22(27)16-9-3-1-4-10-16/h7-8,13-14,16-17H,1-6,9-12,15H2,(H,23,24,26).